The van der Waals surface area contributed by atoms with Gasteiger partial charge < -0.3 is 14.8 Å². The molecule has 0 aliphatic heterocycles. The van der Waals surface area contributed by atoms with Crippen LogP contribution in [-0.4, -0.2) is 30.8 Å². The van der Waals surface area contributed by atoms with E-state index in [2.05, 4.69) is 10.3 Å². The lowest BCUT2D eigenvalue weighted by molar-refractivity contribution is 0.128. The molecule has 1 atom stereocenters. The molecule has 1 aromatic heterocycles. The number of anilines is 1. The van der Waals surface area contributed by atoms with Crippen molar-refractivity contribution in [2.24, 2.45) is 0 Å². The summed E-state index contributed by atoms with van der Waals surface area (Å²) in [7, 11) is 1.69. The first kappa shape index (κ1) is 12.8. The minimum atomic E-state index is 0.143. The van der Waals surface area contributed by atoms with Crippen LogP contribution in [0.25, 0.3) is 0 Å². The van der Waals surface area contributed by atoms with E-state index in [1.165, 1.54) is 0 Å². The van der Waals surface area contributed by atoms with Gasteiger partial charge in [-0.2, -0.15) is 0 Å². The van der Waals surface area contributed by atoms with E-state index in [1.807, 2.05) is 32.9 Å². The number of aromatic nitrogens is 1. The van der Waals surface area contributed by atoms with Gasteiger partial charge in [-0.3, -0.25) is 0 Å². The standard InChI is InChI=1S/C12H20N2O2/c1-9(2)16-11-6-5-7-13-12(11)14-8-10(3)15-4/h5-7,9-10H,8H2,1-4H3,(H,13,14). The maximum absolute atomic E-state index is 5.65. The zero-order valence-electron chi connectivity index (χ0n) is 10.4. The molecule has 1 heterocycles. The monoisotopic (exact) mass is 224 g/mol. The lowest BCUT2D eigenvalue weighted by Crippen LogP contribution is -2.19. The van der Waals surface area contributed by atoms with E-state index in [9.17, 15) is 0 Å². The molecule has 0 aliphatic carbocycles. The quantitative estimate of drug-likeness (QED) is 0.805. The number of nitrogens with zero attached hydrogens (tertiary/aromatic N) is 1. The molecule has 16 heavy (non-hydrogen) atoms. The van der Waals surface area contributed by atoms with Crippen molar-refractivity contribution in [2.75, 3.05) is 19.0 Å². The minimum absolute atomic E-state index is 0.143. The highest BCUT2D eigenvalue weighted by molar-refractivity contribution is 5.49. The molecular formula is C12H20N2O2. The van der Waals surface area contributed by atoms with Crippen molar-refractivity contribution in [3.05, 3.63) is 18.3 Å². The second kappa shape index (κ2) is 6.33. The van der Waals surface area contributed by atoms with Gasteiger partial charge in [-0.25, -0.2) is 4.98 Å². The van der Waals surface area contributed by atoms with E-state index in [4.69, 9.17) is 9.47 Å². The van der Waals surface area contributed by atoms with Crippen molar-refractivity contribution < 1.29 is 9.47 Å². The van der Waals surface area contributed by atoms with Crippen molar-refractivity contribution in [1.29, 1.82) is 0 Å². The van der Waals surface area contributed by atoms with E-state index in [-0.39, 0.29) is 12.2 Å². The molecule has 0 aliphatic rings. The van der Waals surface area contributed by atoms with Gasteiger partial charge in [-0.15, -0.1) is 0 Å². The largest absolute Gasteiger partial charge is 0.487 e. The predicted octanol–water partition coefficient (Wildman–Crippen LogP) is 2.32. The van der Waals surface area contributed by atoms with Crippen molar-refractivity contribution in [3.63, 3.8) is 0 Å². The molecule has 0 spiro atoms. The Morgan fingerprint density at radius 1 is 1.38 bits per heavy atom. The van der Waals surface area contributed by atoms with Crippen LogP contribution in [0.4, 0.5) is 5.82 Å². The molecule has 4 nitrogen and oxygen atoms in total. The van der Waals surface area contributed by atoms with Crippen molar-refractivity contribution >= 4 is 5.82 Å². The Labute approximate surface area is 97.0 Å². The van der Waals surface area contributed by atoms with Gasteiger partial charge in [-0.1, -0.05) is 0 Å². The first-order valence-electron chi connectivity index (χ1n) is 5.51. The second-order valence-electron chi connectivity index (χ2n) is 3.94. The van der Waals surface area contributed by atoms with Crippen LogP contribution in [0.2, 0.25) is 0 Å². The van der Waals surface area contributed by atoms with Gasteiger partial charge in [0.2, 0.25) is 0 Å². The lowest BCUT2D eigenvalue weighted by Gasteiger charge is -2.16. The SMILES string of the molecule is COC(C)CNc1ncccc1OC(C)C. The summed E-state index contributed by atoms with van der Waals surface area (Å²) in [6, 6.07) is 3.77. The third-order valence-corrected chi connectivity index (χ3v) is 2.09. The molecule has 0 saturated carbocycles. The fourth-order valence-electron chi connectivity index (χ4n) is 1.20. The Morgan fingerprint density at radius 2 is 2.12 bits per heavy atom. The molecule has 0 fully saturated rings. The number of ether oxygens (including phenoxy) is 2. The number of methoxy groups -OCH3 is 1. The molecule has 0 saturated heterocycles. The Hall–Kier alpha value is -1.29. The van der Waals surface area contributed by atoms with Gasteiger partial charge in [0.05, 0.1) is 12.2 Å². The van der Waals surface area contributed by atoms with Gasteiger partial charge >= 0.3 is 0 Å². The summed E-state index contributed by atoms with van der Waals surface area (Å²) in [4.78, 5) is 4.25. The van der Waals surface area contributed by atoms with E-state index in [0.29, 0.717) is 6.54 Å². The average molecular weight is 224 g/mol. The fourth-order valence-corrected chi connectivity index (χ4v) is 1.20. The Kier molecular flexibility index (Phi) is 5.05. The van der Waals surface area contributed by atoms with Gasteiger partial charge in [0.15, 0.2) is 11.6 Å². The zero-order valence-corrected chi connectivity index (χ0v) is 10.4. The molecule has 1 aromatic rings. The van der Waals surface area contributed by atoms with Gasteiger partial charge in [0, 0.05) is 19.9 Å². The summed E-state index contributed by atoms with van der Waals surface area (Å²) in [6.07, 6.45) is 2.03. The summed E-state index contributed by atoms with van der Waals surface area (Å²) in [5.74, 6) is 1.54. The van der Waals surface area contributed by atoms with Gasteiger partial charge in [0.25, 0.3) is 0 Å². The van der Waals surface area contributed by atoms with Crippen LogP contribution in [0, 0.1) is 0 Å². The molecule has 1 rings (SSSR count). The van der Waals surface area contributed by atoms with Gasteiger partial charge in [-0.05, 0) is 32.9 Å². The molecule has 0 radical (unpaired) electrons. The first-order valence-corrected chi connectivity index (χ1v) is 5.51. The first-order chi connectivity index (χ1) is 7.63. The number of hydrogen-bond donors (Lipinski definition) is 1. The van der Waals surface area contributed by atoms with Crippen LogP contribution in [-0.2, 0) is 4.74 Å². The van der Waals surface area contributed by atoms with Crippen molar-refractivity contribution in [2.45, 2.75) is 33.0 Å². The normalized spacial score (nSPS) is 12.6. The van der Waals surface area contributed by atoms with Crippen LogP contribution in [0.1, 0.15) is 20.8 Å². The van der Waals surface area contributed by atoms with Crippen LogP contribution in [0.15, 0.2) is 18.3 Å². The molecule has 1 N–H and O–H groups in total. The van der Waals surface area contributed by atoms with Gasteiger partial charge in [0.1, 0.15) is 0 Å². The summed E-state index contributed by atoms with van der Waals surface area (Å²) >= 11 is 0. The summed E-state index contributed by atoms with van der Waals surface area (Å²) in [5.41, 5.74) is 0. The highest BCUT2D eigenvalue weighted by Crippen LogP contribution is 2.21. The number of pyridine rings is 1. The number of hydrogen-bond acceptors (Lipinski definition) is 4. The highest BCUT2D eigenvalue weighted by atomic mass is 16.5. The van der Waals surface area contributed by atoms with E-state index in [0.717, 1.165) is 11.6 Å². The number of nitrogens with one attached hydrogen (secondary N) is 1. The van der Waals surface area contributed by atoms with E-state index < -0.39 is 0 Å². The van der Waals surface area contributed by atoms with Crippen molar-refractivity contribution in [3.8, 4) is 5.75 Å². The lowest BCUT2D eigenvalue weighted by atomic mass is 10.3. The zero-order chi connectivity index (χ0) is 12.0. The van der Waals surface area contributed by atoms with Crippen LogP contribution in [0.5, 0.6) is 5.75 Å². The summed E-state index contributed by atoms with van der Waals surface area (Å²) in [5, 5.41) is 3.21. The Bertz CT molecular complexity index is 316. The highest BCUT2D eigenvalue weighted by Gasteiger charge is 2.07. The molecule has 4 heteroatoms. The minimum Gasteiger partial charge on any atom is -0.487 e. The summed E-state index contributed by atoms with van der Waals surface area (Å²) in [6.45, 7) is 6.70. The topological polar surface area (TPSA) is 43.4 Å². The van der Waals surface area contributed by atoms with Crippen molar-refractivity contribution in [1.82, 2.24) is 4.98 Å². The van der Waals surface area contributed by atoms with Crippen LogP contribution in [0.3, 0.4) is 0 Å². The molecular weight excluding hydrogens is 204 g/mol. The third-order valence-electron chi connectivity index (χ3n) is 2.09. The maximum atomic E-state index is 5.65. The molecule has 1 unspecified atom stereocenters. The second-order valence-corrected chi connectivity index (χ2v) is 3.94. The van der Waals surface area contributed by atoms with Crippen LogP contribution >= 0.6 is 0 Å². The predicted molar refractivity (Wildman–Crippen MR) is 65.0 cm³/mol. The molecule has 0 bridgehead atoms. The average Bonchev–Trinajstić information content (AvgIpc) is 2.26. The van der Waals surface area contributed by atoms with E-state index >= 15 is 0 Å². The number of rotatable bonds is 6. The van der Waals surface area contributed by atoms with E-state index in [1.54, 1.807) is 13.3 Å². The smallest absolute Gasteiger partial charge is 0.168 e. The maximum Gasteiger partial charge on any atom is 0.168 e. The fraction of sp³-hybridized carbons (Fsp3) is 0.583. The third kappa shape index (κ3) is 4.06. The molecule has 90 valence electrons. The van der Waals surface area contributed by atoms with Crippen LogP contribution < -0.4 is 10.1 Å². The summed E-state index contributed by atoms with van der Waals surface area (Å²) < 4.78 is 10.8. The molecule has 0 aromatic carbocycles. The Balaban J connectivity index is 2.63. The Morgan fingerprint density at radius 3 is 2.75 bits per heavy atom. The molecule has 0 amide bonds.